The van der Waals surface area contributed by atoms with Gasteiger partial charge in [0.2, 0.25) is 0 Å². The molecule has 0 aliphatic rings. The molecule has 0 bridgehead atoms. The van der Waals surface area contributed by atoms with E-state index in [9.17, 15) is 9.18 Å². The summed E-state index contributed by atoms with van der Waals surface area (Å²) in [7, 11) is 0. The van der Waals surface area contributed by atoms with E-state index in [1.165, 1.54) is 23.5 Å². The molecule has 3 aromatic rings. The summed E-state index contributed by atoms with van der Waals surface area (Å²) in [5.74, 6) is 0.186. The van der Waals surface area contributed by atoms with E-state index >= 15 is 0 Å². The number of amides is 1. The predicted octanol–water partition coefficient (Wildman–Crippen LogP) is 6.86. The molecule has 1 amide bonds. The number of rotatable bonds is 5. The van der Waals surface area contributed by atoms with Crippen LogP contribution in [0, 0.1) is 19.7 Å². The molecule has 0 saturated heterocycles. The van der Waals surface area contributed by atoms with Crippen molar-refractivity contribution in [3.8, 4) is 5.75 Å². The first kappa shape index (κ1) is 20.0. The second-order valence-electron chi connectivity index (χ2n) is 6.08. The van der Waals surface area contributed by atoms with E-state index in [0.29, 0.717) is 26.1 Å². The van der Waals surface area contributed by atoms with Gasteiger partial charge in [0.25, 0.3) is 5.91 Å². The predicted molar refractivity (Wildman–Crippen MR) is 114 cm³/mol. The third-order valence-electron chi connectivity index (χ3n) is 3.86. The fourth-order valence-electron chi connectivity index (χ4n) is 2.43. The van der Waals surface area contributed by atoms with Crippen LogP contribution >= 0.6 is 43.2 Å². The number of hydrogen-bond donors (Lipinski definition) is 1. The van der Waals surface area contributed by atoms with Crippen molar-refractivity contribution in [1.29, 1.82) is 0 Å². The molecular formula is C20H16Br2FNO2S. The molecule has 7 heteroatoms. The van der Waals surface area contributed by atoms with Gasteiger partial charge in [-0.15, -0.1) is 11.3 Å². The minimum absolute atomic E-state index is 0.258. The lowest BCUT2D eigenvalue weighted by atomic mass is 10.1. The number of anilines is 1. The zero-order valence-corrected chi connectivity index (χ0v) is 18.6. The van der Waals surface area contributed by atoms with E-state index in [-0.39, 0.29) is 5.91 Å². The molecule has 27 heavy (non-hydrogen) atoms. The standard InChI is InChI=1S/C20H16Br2FNO2S/c1-11-3-4-12(2)17(5-11)26-9-13-6-18(27-10-13)20(25)24-19-15(21)7-14(23)8-16(19)22/h3-8,10H,9H2,1-2H3,(H,24,25). The minimum Gasteiger partial charge on any atom is -0.489 e. The van der Waals surface area contributed by atoms with Crippen molar-refractivity contribution < 1.29 is 13.9 Å². The van der Waals surface area contributed by atoms with Crippen molar-refractivity contribution in [1.82, 2.24) is 0 Å². The van der Waals surface area contributed by atoms with Crippen molar-refractivity contribution in [3.63, 3.8) is 0 Å². The molecule has 0 atom stereocenters. The second-order valence-corrected chi connectivity index (χ2v) is 8.70. The zero-order valence-electron chi connectivity index (χ0n) is 14.6. The lowest BCUT2D eigenvalue weighted by Gasteiger charge is -2.09. The molecule has 1 aromatic heterocycles. The molecule has 2 aromatic carbocycles. The maximum Gasteiger partial charge on any atom is 0.265 e. The quantitative estimate of drug-likeness (QED) is 0.405. The Morgan fingerprint density at radius 3 is 2.56 bits per heavy atom. The Morgan fingerprint density at radius 1 is 1.15 bits per heavy atom. The molecule has 0 radical (unpaired) electrons. The van der Waals surface area contributed by atoms with Gasteiger partial charge < -0.3 is 10.1 Å². The SMILES string of the molecule is Cc1ccc(C)c(OCc2csc(C(=O)Nc3c(Br)cc(F)cc3Br)c2)c1. The summed E-state index contributed by atoms with van der Waals surface area (Å²) in [4.78, 5) is 13.1. The van der Waals surface area contributed by atoms with Crippen molar-refractivity contribution >= 4 is 54.8 Å². The number of carbonyl (C=O) groups is 1. The van der Waals surface area contributed by atoms with E-state index in [4.69, 9.17) is 4.74 Å². The van der Waals surface area contributed by atoms with Crippen LogP contribution in [-0.4, -0.2) is 5.91 Å². The van der Waals surface area contributed by atoms with Gasteiger partial charge in [0, 0.05) is 14.5 Å². The number of thiophene rings is 1. The molecule has 0 aliphatic heterocycles. The average molecular weight is 513 g/mol. The number of hydrogen-bond acceptors (Lipinski definition) is 3. The molecule has 0 unspecified atom stereocenters. The first-order valence-corrected chi connectivity index (χ1v) is 10.5. The van der Waals surface area contributed by atoms with Gasteiger partial charge in [0.15, 0.2) is 0 Å². The molecule has 3 nitrogen and oxygen atoms in total. The minimum atomic E-state index is -0.395. The van der Waals surface area contributed by atoms with Crippen molar-refractivity contribution in [2.24, 2.45) is 0 Å². The molecule has 1 N–H and O–H groups in total. The molecule has 0 fully saturated rings. The number of aryl methyl sites for hydroxylation is 2. The lowest BCUT2D eigenvalue weighted by Crippen LogP contribution is -2.11. The first-order chi connectivity index (χ1) is 12.8. The van der Waals surface area contributed by atoms with Gasteiger partial charge in [0.05, 0.1) is 10.6 Å². The van der Waals surface area contributed by atoms with Crippen LogP contribution in [0.3, 0.4) is 0 Å². The molecular weight excluding hydrogens is 497 g/mol. The van der Waals surface area contributed by atoms with Gasteiger partial charge in [-0.1, -0.05) is 12.1 Å². The Balaban J connectivity index is 1.68. The largest absolute Gasteiger partial charge is 0.489 e. The van der Waals surface area contributed by atoms with Crippen LogP contribution in [0.15, 0.2) is 50.7 Å². The first-order valence-electron chi connectivity index (χ1n) is 8.07. The van der Waals surface area contributed by atoms with Crippen LogP contribution in [0.4, 0.5) is 10.1 Å². The summed E-state index contributed by atoms with van der Waals surface area (Å²) < 4.78 is 20.2. The van der Waals surface area contributed by atoms with E-state index in [1.54, 1.807) is 6.07 Å². The van der Waals surface area contributed by atoms with Crippen molar-refractivity contribution in [2.75, 3.05) is 5.32 Å². The maximum atomic E-state index is 13.4. The number of halogens is 3. The fourth-order valence-corrected chi connectivity index (χ4v) is 4.55. The highest BCUT2D eigenvalue weighted by molar-refractivity contribution is 9.11. The third kappa shape index (κ3) is 4.97. The average Bonchev–Trinajstić information content (AvgIpc) is 3.08. The van der Waals surface area contributed by atoms with Gasteiger partial charge in [-0.2, -0.15) is 0 Å². The fraction of sp³-hybridized carbons (Fsp3) is 0.150. The zero-order chi connectivity index (χ0) is 19.6. The number of nitrogens with one attached hydrogen (secondary N) is 1. The van der Waals surface area contributed by atoms with E-state index in [0.717, 1.165) is 22.4 Å². The summed E-state index contributed by atoms with van der Waals surface area (Å²) in [6.45, 7) is 4.41. The Labute approximate surface area is 177 Å². The van der Waals surface area contributed by atoms with Crippen molar-refractivity contribution in [3.05, 3.63) is 78.1 Å². The highest BCUT2D eigenvalue weighted by Gasteiger charge is 2.15. The summed E-state index contributed by atoms with van der Waals surface area (Å²) in [5.41, 5.74) is 3.61. The highest BCUT2D eigenvalue weighted by Crippen LogP contribution is 2.33. The molecule has 140 valence electrons. The summed E-state index contributed by atoms with van der Waals surface area (Å²) in [6, 6.07) is 10.5. The van der Waals surface area contributed by atoms with E-state index in [1.807, 2.05) is 37.4 Å². The van der Waals surface area contributed by atoms with Crippen LogP contribution in [0.25, 0.3) is 0 Å². The molecule has 3 rings (SSSR count). The number of carbonyl (C=O) groups excluding carboxylic acids is 1. The Morgan fingerprint density at radius 2 is 1.85 bits per heavy atom. The van der Waals surface area contributed by atoms with Crippen LogP contribution in [-0.2, 0) is 6.61 Å². The highest BCUT2D eigenvalue weighted by atomic mass is 79.9. The normalized spacial score (nSPS) is 10.7. The van der Waals surface area contributed by atoms with Gasteiger partial charge in [-0.3, -0.25) is 4.79 Å². The molecule has 0 saturated carbocycles. The van der Waals surface area contributed by atoms with E-state index < -0.39 is 5.82 Å². The van der Waals surface area contributed by atoms with Crippen LogP contribution in [0.2, 0.25) is 0 Å². The Bertz CT molecular complexity index is 980. The topological polar surface area (TPSA) is 38.3 Å². The summed E-state index contributed by atoms with van der Waals surface area (Å²) >= 11 is 7.87. The van der Waals surface area contributed by atoms with Crippen molar-refractivity contribution in [2.45, 2.75) is 20.5 Å². The molecule has 0 aliphatic carbocycles. The third-order valence-corrected chi connectivity index (χ3v) is 6.09. The molecule has 0 spiro atoms. The second kappa shape index (κ2) is 8.54. The molecule has 1 heterocycles. The summed E-state index contributed by atoms with van der Waals surface area (Å²) in [6.07, 6.45) is 0. The van der Waals surface area contributed by atoms with Crippen LogP contribution in [0.1, 0.15) is 26.4 Å². The van der Waals surface area contributed by atoms with Gasteiger partial charge in [-0.05, 0) is 86.5 Å². The van der Waals surface area contributed by atoms with Crippen LogP contribution in [0.5, 0.6) is 5.75 Å². The van der Waals surface area contributed by atoms with Gasteiger partial charge in [-0.25, -0.2) is 4.39 Å². The van der Waals surface area contributed by atoms with E-state index in [2.05, 4.69) is 37.2 Å². The van der Waals surface area contributed by atoms with Gasteiger partial charge >= 0.3 is 0 Å². The lowest BCUT2D eigenvalue weighted by molar-refractivity contribution is 0.103. The monoisotopic (exact) mass is 511 g/mol. The van der Waals surface area contributed by atoms with Crippen LogP contribution < -0.4 is 10.1 Å². The number of ether oxygens (including phenoxy) is 1. The Kier molecular flexibility index (Phi) is 6.34. The maximum absolute atomic E-state index is 13.4. The van der Waals surface area contributed by atoms with Gasteiger partial charge in [0.1, 0.15) is 18.2 Å². The Hall–Kier alpha value is -1.70. The smallest absolute Gasteiger partial charge is 0.265 e. The number of benzene rings is 2. The summed E-state index contributed by atoms with van der Waals surface area (Å²) in [5, 5.41) is 4.69.